The number of nitrogens with one attached hydrogen (secondary N) is 1. The number of nitrogens with two attached hydrogens (primary N) is 1. The van der Waals surface area contributed by atoms with Crippen LogP contribution in [0, 0.1) is 12.7 Å². The molecule has 3 N–H and O–H groups in total. The number of carbonyl (C=O) groups excluding carboxylic acids is 1. The third kappa shape index (κ3) is 4.49. The molecule has 0 saturated heterocycles. The number of hydrogen-bond acceptors (Lipinski definition) is 3. The van der Waals surface area contributed by atoms with Crippen LogP contribution in [0.1, 0.15) is 12.0 Å². The zero-order valence-corrected chi connectivity index (χ0v) is 11.7. The average molecular weight is 288 g/mol. The fourth-order valence-corrected chi connectivity index (χ4v) is 1.75. The molecule has 0 bridgehead atoms. The van der Waals surface area contributed by atoms with E-state index in [1.54, 1.807) is 0 Å². The molecule has 0 radical (unpaired) electrons. The minimum Gasteiger partial charge on any atom is -0.493 e. The maximum Gasteiger partial charge on any atom is 0.227 e. The monoisotopic (exact) mass is 288 g/mol. The number of ether oxygens (including phenoxy) is 1. The van der Waals surface area contributed by atoms with Gasteiger partial charge in [0.1, 0.15) is 11.6 Å². The summed E-state index contributed by atoms with van der Waals surface area (Å²) in [5.74, 6) is -0.146. The highest BCUT2D eigenvalue weighted by molar-refractivity contribution is 5.91. The van der Waals surface area contributed by atoms with Gasteiger partial charge < -0.3 is 15.8 Å². The second kappa shape index (κ2) is 6.74. The number of aryl methyl sites for hydroxylation is 1. The molecule has 2 aromatic carbocycles. The molecule has 110 valence electrons. The van der Waals surface area contributed by atoms with Crippen molar-refractivity contribution < 1.29 is 13.9 Å². The van der Waals surface area contributed by atoms with Crippen LogP contribution in [0.2, 0.25) is 0 Å². The molecule has 4 nitrogen and oxygen atoms in total. The van der Waals surface area contributed by atoms with Crippen LogP contribution in [0.15, 0.2) is 42.5 Å². The standard InChI is InChI=1S/C16H17FN2O2/c1-11-2-5-13(6-3-11)21-9-8-16(20)19-15-10-12(18)4-7-14(15)17/h2-7,10H,8-9,18H2,1H3,(H,19,20). The number of anilines is 2. The predicted octanol–water partition coefficient (Wildman–Crippen LogP) is 3.12. The number of rotatable bonds is 5. The van der Waals surface area contributed by atoms with Crippen LogP contribution in [0.5, 0.6) is 5.75 Å². The van der Waals surface area contributed by atoms with Gasteiger partial charge in [0.05, 0.1) is 18.7 Å². The van der Waals surface area contributed by atoms with Gasteiger partial charge in [0.2, 0.25) is 5.91 Å². The third-order valence-electron chi connectivity index (χ3n) is 2.88. The summed E-state index contributed by atoms with van der Waals surface area (Å²) in [5.41, 5.74) is 7.16. The Morgan fingerprint density at radius 1 is 1.24 bits per heavy atom. The lowest BCUT2D eigenvalue weighted by atomic mass is 10.2. The first-order chi connectivity index (χ1) is 10.0. The normalized spacial score (nSPS) is 10.2. The van der Waals surface area contributed by atoms with Gasteiger partial charge in [-0.05, 0) is 37.3 Å². The van der Waals surface area contributed by atoms with E-state index >= 15 is 0 Å². The van der Waals surface area contributed by atoms with Crippen LogP contribution in [-0.2, 0) is 4.79 Å². The predicted molar refractivity (Wildman–Crippen MR) is 80.7 cm³/mol. The lowest BCUT2D eigenvalue weighted by Gasteiger charge is -2.08. The fraction of sp³-hybridized carbons (Fsp3) is 0.188. The Morgan fingerprint density at radius 2 is 1.95 bits per heavy atom. The van der Waals surface area contributed by atoms with E-state index in [9.17, 15) is 9.18 Å². The molecule has 0 aromatic heterocycles. The van der Waals surface area contributed by atoms with Crippen LogP contribution >= 0.6 is 0 Å². The molecule has 2 rings (SSSR count). The molecular weight excluding hydrogens is 271 g/mol. The Hall–Kier alpha value is -2.56. The first kappa shape index (κ1) is 14.8. The van der Waals surface area contributed by atoms with E-state index in [-0.39, 0.29) is 24.6 Å². The number of amides is 1. The number of hydrogen-bond donors (Lipinski definition) is 2. The molecular formula is C16H17FN2O2. The maximum atomic E-state index is 13.5. The Balaban J connectivity index is 1.82. The van der Waals surface area contributed by atoms with Gasteiger partial charge in [-0.15, -0.1) is 0 Å². The molecule has 0 aliphatic heterocycles. The summed E-state index contributed by atoms with van der Waals surface area (Å²) in [6.07, 6.45) is 0.127. The largest absolute Gasteiger partial charge is 0.493 e. The summed E-state index contributed by atoms with van der Waals surface area (Å²) in [7, 11) is 0. The van der Waals surface area contributed by atoms with Crippen LogP contribution in [0.4, 0.5) is 15.8 Å². The topological polar surface area (TPSA) is 64.3 Å². The molecule has 0 aliphatic rings. The van der Waals surface area contributed by atoms with Gasteiger partial charge in [0.15, 0.2) is 0 Å². The highest BCUT2D eigenvalue weighted by atomic mass is 19.1. The van der Waals surface area contributed by atoms with Crippen molar-refractivity contribution in [3.63, 3.8) is 0 Å². The van der Waals surface area contributed by atoms with Crippen LogP contribution in [0.25, 0.3) is 0 Å². The lowest BCUT2D eigenvalue weighted by molar-refractivity contribution is -0.116. The Labute approximate surface area is 122 Å². The molecule has 0 spiro atoms. The second-order valence-electron chi connectivity index (χ2n) is 4.70. The second-order valence-corrected chi connectivity index (χ2v) is 4.70. The van der Waals surface area contributed by atoms with Crippen LogP contribution in [0.3, 0.4) is 0 Å². The Kier molecular flexibility index (Phi) is 4.77. The minimum atomic E-state index is -0.517. The first-order valence-corrected chi connectivity index (χ1v) is 6.59. The molecule has 0 fully saturated rings. The molecule has 0 atom stereocenters. The van der Waals surface area contributed by atoms with E-state index in [2.05, 4.69) is 5.32 Å². The zero-order valence-electron chi connectivity index (χ0n) is 11.7. The molecule has 2 aromatic rings. The lowest BCUT2D eigenvalue weighted by Crippen LogP contribution is -2.16. The molecule has 0 unspecified atom stereocenters. The zero-order chi connectivity index (χ0) is 15.2. The minimum absolute atomic E-state index is 0.0790. The Bertz CT molecular complexity index is 627. The van der Waals surface area contributed by atoms with Crippen LogP contribution < -0.4 is 15.8 Å². The van der Waals surface area contributed by atoms with Gasteiger partial charge in [0.25, 0.3) is 0 Å². The van der Waals surface area contributed by atoms with Crippen LogP contribution in [-0.4, -0.2) is 12.5 Å². The van der Waals surface area contributed by atoms with Crippen molar-refractivity contribution in [3.05, 3.63) is 53.8 Å². The third-order valence-corrected chi connectivity index (χ3v) is 2.88. The van der Waals surface area contributed by atoms with Crippen molar-refractivity contribution in [1.82, 2.24) is 0 Å². The maximum absolute atomic E-state index is 13.5. The Morgan fingerprint density at radius 3 is 2.67 bits per heavy atom. The van der Waals surface area contributed by atoms with Crippen molar-refractivity contribution in [1.29, 1.82) is 0 Å². The van der Waals surface area contributed by atoms with E-state index in [0.29, 0.717) is 11.4 Å². The summed E-state index contributed by atoms with van der Waals surface area (Å²) in [6.45, 7) is 2.20. The van der Waals surface area contributed by atoms with Crippen molar-refractivity contribution >= 4 is 17.3 Å². The fourth-order valence-electron chi connectivity index (χ4n) is 1.75. The molecule has 0 aliphatic carbocycles. The van der Waals surface area contributed by atoms with E-state index < -0.39 is 5.82 Å². The van der Waals surface area contributed by atoms with E-state index in [0.717, 1.165) is 5.56 Å². The van der Waals surface area contributed by atoms with Gasteiger partial charge in [0, 0.05) is 5.69 Å². The molecule has 0 heterocycles. The SMILES string of the molecule is Cc1ccc(OCCC(=O)Nc2cc(N)ccc2F)cc1. The first-order valence-electron chi connectivity index (χ1n) is 6.59. The number of carbonyl (C=O) groups is 1. The van der Waals surface area contributed by atoms with Crippen molar-refractivity contribution in [2.75, 3.05) is 17.7 Å². The highest BCUT2D eigenvalue weighted by Crippen LogP contribution is 2.17. The van der Waals surface area contributed by atoms with Crippen molar-refractivity contribution in [2.24, 2.45) is 0 Å². The van der Waals surface area contributed by atoms with E-state index in [4.69, 9.17) is 10.5 Å². The number of nitrogen functional groups attached to an aromatic ring is 1. The van der Waals surface area contributed by atoms with Gasteiger partial charge in [-0.1, -0.05) is 17.7 Å². The summed E-state index contributed by atoms with van der Waals surface area (Å²) in [5, 5.41) is 2.47. The van der Waals surface area contributed by atoms with Gasteiger partial charge in [-0.25, -0.2) is 4.39 Å². The number of halogens is 1. The summed E-state index contributed by atoms with van der Waals surface area (Å²) >= 11 is 0. The molecule has 0 saturated carbocycles. The highest BCUT2D eigenvalue weighted by Gasteiger charge is 2.07. The van der Waals surface area contributed by atoms with E-state index in [1.807, 2.05) is 31.2 Å². The van der Waals surface area contributed by atoms with E-state index in [1.165, 1.54) is 18.2 Å². The molecule has 21 heavy (non-hydrogen) atoms. The number of benzene rings is 2. The smallest absolute Gasteiger partial charge is 0.227 e. The summed E-state index contributed by atoms with van der Waals surface area (Å²) in [4.78, 5) is 11.7. The van der Waals surface area contributed by atoms with Crippen molar-refractivity contribution in [3.8, 4) is 5.75 Å². The molecule has 5 heteroatoms. The van der Waals surface area contributed by atoms with Gasteiger partial charge >= 0.3 is 0 Å². The van der Waals surface area contributed by atoms with Gasteiger partial charge in [-0.3, -0.25) is 4.79 Å². The summed E-state index contributed by atoms with van der Waals surface area (Å²) in [6, 6.07) is 11.6. The van der Waals surface area contributed by atoms with Crippen molar-refractivity contribution in [2.45, 2.75) is 13.3 Å². The average Bonchev–Trinajstić information content (AvgIpc) is 2.45. The molecule has 1 amide bonds. The quantitative estimate of drug-likeness (QED) is 0.831. The van der Waals surface area contributed by atoms with Gasteiger partial charge in [-0.2, -0.15) is 0 Å². The summed E-state index contributed by atoms with van der Waals surface area (Å²) < 4.78 is 18.9.